The number of hydrogen-bond acceptors (Lipinski definition) is 2. The predicted molar refractivity (Wildman–Crippen MR) is 92.6 cm³/mol. The molecule has 0 radical (unpaired) electrons. The van der Waals surface area contributed by atoms with Gasteiger partial charge >= 0.3 is 5.97 Å². The van der Waals surface area contributed by atoms with Crippen molar-refractivity contribution in [1.82, 2.24) is 9.55 Å². The molecule has 24 heavy (non-hydrogen) atoms. The molecule has 0 aliphatic heterocycles. The number of benzene rings is 1. The Kier molecular flexibility index (Phi) is 3.65. The Hall–Kier alpha value is -2.88. The van der Waals surface area contributed by atoms with Crippen molar-refractivity contribution < 1.29 is 9.90 Å². The maximum absolute atomic E-state index is 11.7. The highest BCUT2D eigenvalue weighted by Crippen LogP contribution is 2.34. The molecular formula is C20H18N2O2. The molecule has 4 rings (SSSR count). The Labute approximate surface area is 140 Å². The summed E-state index contributed by atoms with van der Waals surface area (Å²) in [5.41, 5.74) is 5.64. The van der Waals surface area contributed by atoms with E-state index in [2.05, 4.69) is 27.8 Å². The van der Waals surface area contributed by atoms with Crippen LogP contribution >= 0.6 is 0 Å². The minimum absolute atomic E-state index is 0.235. The average Bonchev–Trinajstić information content (AvgIpc) is 3.02. The van der Waals surface area contributed by atoms with Crippen LogP contribution in [0.15, 0.2) is 54.9 Å². The van der Waals surface area contributed by atoms with Gasteiger partial charge in [0.15, 0.2) is 0 Å². The van der Waals surface area contributed by atoms with Crippen molar-refractivity contribution in [2.45, 2.75) is 25.7 Å². The monoisotopic (exact) mass is 318 g/mol. The number of aryl methyl sites for hydroxylation is 1. The second kappa shape index (κ2) is 5.96. The van der Waals surface area contributed by atoms with Crippen LogP contribution in [-0.2, 0) is 12.8 Å². The van der Waals surface area contributed by atoms with E-state index in [4.69, 9.17) is 0 Å². The molecule has 0 saturated heterocycles. The number of carbonyl (C=O) groups is 1. The van der Waals surface area contributed by atoms with E-state index in [1.54, 1.807) is 12.3 Å². The highest BCUT2D eigenvalue weighted by atomic mass is 16.4. The van der Waals surface area contributed by atoms with Gasteiger partial charge in [-0.15, -0.1) is 0 Å². The van der Waals surface area contributed by atoms with Crippen LogP contribution in [0.5, 0.6) is 0 Å². The largest absolute Gasteiger partial charge is 0.478 e. The van der Waals surface area contributed by atoms with Gasteiger partial charge in [-0.25, -0.2) is 4.79 Å². The Morgan fingerprint density at radius 1 is 1.08 bits per heavy atom. The fourth-order valence-electron chi connectivity index (χ4n) is 3.54. The fraction of sp³-hybridized carbons (Fsp3) is 0.200. The molecule has 1 N–H and O–H groups in total. The third-order valence-electron chi connectivity index (χ3n) is 4.64. The van der Waals surface area contributed by atoms with Crippen LogP contribution in [0.4, 0.5) is 0 Å². The second-order valence-electron chi connectivity index (χ2n) is 6.11. The van der Waals surface area contributed by atoms with Crippen LogP contribution in [0.25, 0.3) is 16.9 Å². The molecule has 0 atom stereocenters. The van der Waals surface area contributed by atoms with Gasteiger partial charge in [-0.2, -0.15) is 0 Å². The Morgan fingerprint density at radius 2 is 1.88 bits per heavy atom. The van der Waals surface area contributed by atoms with Gasteiger partial charge in [-0.1, -0.05) is 30.3 Å². The third kappa shape index (κ3) is 2.40. The van der Waals surface area contributed by atoms with Crippen molar-refractivity contribution in [1.29, 1.82) is 0 Å². The standard InChI is InChI=1S/C20H18N2O2/c23-20(24)16-13-21-11-10-18(16)22-17-9-5-4-8-15(17)12-19(22)14-6-2-1-3-7-14/h1-3,6-7,10-13H,4-5,8-9H2,(H,23,24). The van der Waals surface area contributed by atoms with E-state index in [1.807, 2.05) is 18.2 Å². The van der Waals surface area contributed by atoms with E-state index in [9.17, 15) is 9.90 Å². The first-order valence-electron chi connectivity index (χ1n) is 8.22. The van der Waals surface area contributed by atoms with E-state index in [-0.39, 0.29) is 5.56 Å². The molecule has 4 heteroatoms. The number of carboxylic acid groups (broad SMARTS) is 1. The number of hydrogen-bond donors (Lipinski definition) is 1. The van der Waals surface area contributed by atoms with Crippen LogP contribution in [0, 0.1) is 0 Å². The molecule has 2 aromatic heterocycles. The summed E-state index contributed by atoms with van der Waals surface area (Å²) in [6, 6.07) is 14.2. The second-order valence-corrected chi connectivity index (χ2v) is 6.11. The van der Waals surface area contributed by atoms with Crippen molar-refractivity contribution in [2.75, 3.05) is 0 Å². The Balaban J connectivity index is 2.01. The zero-order valence-corrected chi connectivity index (χ0v) is 13.3. The van der Waals surface area contributed by atoms with Crippen LogP contribution < -0.4 is 0 Å². The summed E-state index contributed by atoms with van der Waals surface area (Å²) in [6.07, 6.45) is 7.44. The number of carboxylic acids is 1. The molecule has 0 spiro atoms. The molecule has 4 nitrogen and oxygen atoms in total. The number of pyridine rings is 1. The van der Waals surface area contributed by atoms with Crippen molar-refractivity contribution in [2.24, 2.45) is 0 Å². The number of nitrogens with zero attached hydrogens (tertiary/aromatic N) is 2. The molecule has 1 aliphatic rings. The number of aromatic carboxylic acids is 1. The molecule has 0 amide bonds. The van der Waals surface area contributed by atoms with Crippen LogP contribution in [0.1, 0.15) is 34.5 Å². The van der Waals surface area contributed by atoms with E-state index in [1.165, 1.54) is 23.9 Å². The summed E-state index contributed by atoms with van der Waals surface area (Å²) in [6.45, 7) is 0. The average molecular weight is 318 g/mol. The lowest BCUT2D eigenvalue weighted by Crippen LogP contribution is -2.12. The number of aromatic nitrogens is 2. The van der Waals surface area contributed by atoms with E-state index in [0.717, 1.165) is 30.5 Å². The molecule has 3 aromatic rings. The summed E-state index contributed by atoms with van der Waals surface area (Å²) in [4.78, 5) is 15.7. The highest BCUT2D eigenvalue weighted by Gasteiger charge is 2.23. The van der Waals surface area contributed by atoms with Gasteiger partial charge in [0.2, 0.25) is 0 Å². The van der Waals surface area contributed by atoms with Gasteiger partial charge in [-0.05, 0) is 48.9 Å². The van der Waals surface area contributed by atoms with Crippen LogP contribution in [-0.4, -0.2) is 20.6 Å². The first-order chi connectivity index (χ1) is 11.8. The lowest BCUT2D eigenvalue weighted by atomic mass is 9.98. The zero-order valence-electron chi connectivity index (χ0n) is 13.3. The molecular weight excluding hydrogens is 300 g/mol. The summed E-state index contributed by atoms with van der Waals surface area (Å²) in [7, 11) is 0. The first-order valence-corrected chi connectivity index (χ1v) is 8.22. The lowest BCUT2D eigenvalue weighted by molar-refractivity contribution is 0.0696. The molecule has 0 unspecified atom stereocenters. The SMILES string of the molecule is O=C(O)c1cnccc1-n1c(-c2ccccc2)cc2c1CCCC2. The summed E-state index contributed by atoms with van der Waals surface area (Å²) >= 11 is 0. The highest BCUT2D eigenvalue weighted by molar-refractivity contribution is 5.92. The lowest BCUT2D eigenvalue weighted by Gasteiger charge is -2.18. The topological polar surface area (TPSA) is 55.1 Å². The molecule has 0 bridgehead atoms. The summed E-state index contributed by atoms with van der Waals surface area (Å²) < 4.78 is 2.12. The van der Waals surface area contributed by atoms with Gasteiger partial charge in [0, 0.05) is 18.1 Å². The van der Waals surface area contributed by atoms with Crippen LogP contribution in [0.2, 0.25) is 0 Å². The molecule has 120 valence electrons. The molecule has 0 saturated carbocycles. The Bertz CT molecular complexity index is 897. The third-order valence-corrected chi connectivity index (χ3v) is 4.64. The quantitative estimate of drug-likeness (QED) is 0.790. The minimum Gasteiger partial charge on any atom is -0.478 e. The number of fused-ring (bicyclic) bond motifs is 1. The molecule has 1 aromatic carbocycles. The van der Waals surface area contributed by atoms with Crippen molar-refractivity contribution in [3.8, 4) is 16.9 Å². The van der Waals surface area contributed by atoms with Gasteiger partial charge in [-0.3, -0.25) is 4.98 Å². The van der Waals surface area contributed by atoms with Crippen molar-refractivity contribution in [3.63, 3.8) is 0 Å². The van der Waals surface area contributed by atoms with E-state index >= 15 is 0 Å². The van der Waals surface area contributed by atoms with Gasteiger partial charge in [0.1, 0.15) is 5.56 Å². The molecule has 1 aliphatic carbocycles. The summed E-state index contributed by atoms with van der Waals surface area (Å²) in [5, 5.41) is 9.58. The summed E-state index contributed by atoms with van der Waals surface area (Å²) in [5.74, 6) is -0.949. The maximum atomic E-state index is 11.7. The number of rotatable bonds is 3. The van der Waals surface area contributed by atoms with Crippen molar-refractivity contribution >= 4 is 5.97 Å². The van der Waals surface area contributed by atoms with Gasteiger partial charge in [0.05, 0.1) is 11.4 Å². The molecule has 2 heterocycles. The normalized spacial score (nSPS) is 13.5. The van der Waals surface area contributed by atoms with Crippen molar-refractivity contribution in [3.05, 3.63) is 71.7 Å². The van der Waals surface area contributed by atoms with Crippen LogP contribution in [0.3, 0.4) is 0 Å². The van der Waals surface area contributed by atoms with E-state index in [0.29, 0.717) is 5.69 Å². The van der Waals surface area contributed by atoms with Gasteiger partial charge < -0.3 is 9.67 Å². The Morgan fingerprint density at radius 3 is 2.67 bits per heavy atom. The molecule has 0 fully saturated rings. The van der Waals surface area contributed by atoms with Gasteiger partial charge in [0.25, 0.3) is 0 Å². The minimum atomic E-state index is -0.949. The van der Waals surface area contributed by atoms with E-state index < -0.39 is 5.97 Å². The fourth-order valence-corrected chi connectivity index (χ4v) is 3.54. The first kappa shape index (κ1) is 14.7. The zero-order chi connectivity index (χ0) is 16.5. The smallest absolute Gasteiger partial charge is 0.339 e. The predicted octanol–water partition coefficient (Wildman–Crippen LogP) is 4.12. The maximum Gasteiger partial charge on any atom is 0.339 e.